The molecule has 5 N–H and O–H groups in total. The number of carbonyl (C=O) groups is 3. The molecule has 0 aliphatic carbocycles. The Kier molecular flexibility index (Phi) is 6.40. The lowest BCUT2D eigenvalue weighted by molar-refractivity contribution is -0.115. The molecule has 0 aliphatic rings. The van der Waals surface area contributed by atoms with E-state index in [-0.39, 0.29) is 18.0 Å². The molecule has 0 bridgehead atoms. The maximum Gasteiger partial charge on any atom is 0.412 e. The van der Waals surface area contributed by atoms with Crippen molar-refractivity contribution in [1.82, 2.24) is 9.97 Å². The van der Waals surface area contributed by atoms with Crippen molar-refractivity contribution in [2.24, 2.45) is 5.73 Å². The normalized spacial score (nSPS) is 11.1. The molecule has 0 aliphatic heterocycles. The predicted molar refractivity (Wildman–Crippen MR) is 119 cm³/mol. The summed E-state index contributed by atoms with van der Waals surface area (Å²) in [6.07, 6.45) is 1.24. The number of aromatic amines is 1. The van der Waals surface area contributed by atoms with Crippen molar-refractivity contribution in [3.05, 3.63) is 53.2 Å². The average Bonchev–Trinajstić information content (AvgIpc) is 3.31. The first-order chi connectivity index (χ1) is 14.6. The Balaban J connectivity index is 1.54. The van der Waals surface area contributed by atoms with Gasteiger partial charge in [0.05, 0.1) is 12.1 Å². The van der Waals surface area contributed by atoms with Crippen molar-refractivity contribution in [3.63, 3.8) is 0 Å². The highest BCUT2D eigenvalue weighted by molar-refractivity contribution is 7.14. The fraction of sp³-hybridized carbons (Fsp3) is 0.238. The number of rotatable bonds is 6. The van der Waals surface area contributed by atoms with E-state index in [1.165, 1.54) is 11.3 Å². The van der Waals surface area contributed by atoms with Crippen LogP contribution in [0.5, 0.6) is 0 Å². The molecule has 10 heteroatoms. The maximum atomic E-state index is 12.3. The van der Waals surface area contributed by atoms with Gasteiger partial charge < -0.3 is 20.8 Å². The van der Waals surface area contributed by atoms with E-state index in [0.717, 1.165) is 5.56 Å². The Bertz CT molecular complexity index is 1100. The van der Waals surface area contributed by atoms with Crippen molar-refractivity contribution < 1.29 is 19.1 Å². The zero-order valence-electron chi connectivity index (χ0n) is 17.3. The number of hydrogen-bond acceptors (Lipinski definition) is 6. The largest absolute Gasteiger partial charge is 0.444 e. The molecular weight excluding hydrogens is 418 g/mol. The molecule has 0 saturated carbocycles. The number of benzene rings is 1. The molecule has 0 atom stereocenters. The third kappa shape index (κ3) is 6.41. The number of nitrogens with one attached hydrogen (secondary N) is 3. The third-order valence-electron chi connectivity index (χ3n) is 3.96. The van der Waals surface area contributed by atoms with E-state index in [1.54, 1.807) is 62.7 Å². The van der Waals surface area contributed by atoms with Gasteiger partial charge in [0.1, 0.15) is 11.3 Å². The second-order valence-corrected chi connectivity index (χ2v) is 8.61. The van der Waals surface area contributed by atoms with E-state index >= 15 is 0 Å². The maximum absolute atomic E-state index is 12.3. The molecule has 2 aromatic heterocycles. The highest BCUT2D eigenvalue weighted by atomic mass is 32.1. The molecule has 0 radical (unpaired) electrons. The fourth-order valence-corrected chi connectivity index (χ4v) is 3.36. The van der Waals surface area contributed by atoms with Crippen LogP contribution < -0.4 is 16.4 Å². The van der Waals surface area contributed by atoms with E-state index in [4.69, 9.17) is 10.5 Å². The molecule has 31 heavy (non-hydrogen) atoms. The summed E-state index contributed by atoms with van der Waals surface area (Å²) in [5.74, 6) is -0.775. The zero-order valence-corrected chi connectivity index (χ0v) is 18.1. The van der Waals surface area contributed by atoms with Crippen molar-refractivity contribution in [2.75, 3.05) is 10.6 Å². The molecular formula is C21H23N5O4S. The van der Waals surface area contributed by atoms with Crippen molar-refractivity contribution in [1.29, 1.82) is 0 Å². The lowest BCUT2D eigenvalue weighted by Gasteiger charge is -2.19. The number of amides is 3. The molecule has 3 amide bonds. The van der Waals surface area contributed by atoms with Crippen molar-refractivity contribution in [3.8, 4) is 11.3 Å². The minimum atomic E-state index is -0.580. The number of aromatic nitrogens is 2. The SMILES string of the molecule is CC(C)(C)OC(=O)Nc1ccc(CC(=O)Nc2nc(-c3c[nH]c(C(N)=O)c3)cs2)cc1. The lowest BCUT2D eigenvalue weighted by Crippen LogP contribution is -2.27. The van der Waals surface area contributed by atoms with Crippen LogP contribution in [0.25, 0.3) is 11.3 Å². The molecule has 3 rings (SSSR count). The summed E-state index contributed by atoms with van der Waals surface area (Å²) in [6, 6.07) is 8.53. The van der Waals surface area contributed by atoms with Gasteiger partial charge >= 0.3 is 6.09 Å². The molecule has 2 heterocycles. The molecule has 0 saturated heterocycles. The second-order valence-electron chi connectivity index (χ2n) is 7.75. The van der Waals surface area contributed by atoms with Crippen LogP contribution in [0.3, 0.4) is 0 Å². The summed E-state index contributed by atoms with van der Waals surface area (Å²) in [7, 11) is 0. The van der Waals surface area contributed by atoms with Gasteiger partial charge in [-0.2, -0.15) is 0 Å². The first-order valence-corrected chi connectivity index (χ1v) is 10.3. The molecule has 162 valence electrons. The van der Waals surface area contributed by atoms with Gasteiger partial charge in [0.15, 0.2) is 5.13 Å². The first kappa shape index (κ1) is 22.0. The van der Waals surface area contributed by atoms with Crippen LogP contribution >= 0.6 is 11.3 Å². The summed E-state index contributed by atoms with van der Waals surface area (Å²) < 4.78 is 5.20. The Morgan fingerprint density at radius 1 is 1.16 bits per heavy atom. The van der Waals surface area contributed by atoms with Gasteiger partial charge in [0.25, 0.3) is 5.91 Å². The number of nitrogens with zero attached hydrogens (tertiary/aromatic N) is 1. The second kappa shape index (κ2) is 9.00. The Morgan fingerprint density at radius 3 is 2.48 bits per heavy atom. The van der Waals surface area contributed by atoms with Crippen LogP contribution in [0, 0.1) is 0 Å². The number of H-pyrrole nitrogens is 1. The first-order valence-electron chi connectivity index (χ1n) is 9.42. The third-order valence-corrected chi connectivity index (χ3v) is 4.72. The molecule has 0 unspecified atom stereocenters. The summed E-state index contributed by atoms with van der Waals surface area (Å²) in [5, 5.41) is 7.63. The molecule has 9 nitrogen and oxygen atoms in total. The molecule has 1 aromatic carbocycles. The lowest BCUT2D eigenvalue weighted by atomic mass is 10.1. The van der Waals surface area contributed by atoms with Gasteiger partial charge in [0.2, 0.25) is 5.91 Å². The van der Waals surface area contributed by atoms with Crippen LogP contribution in [0.1, 0.15) is 36.8 Å². The van der Waals surface area contributed by atoms with Crippen LogP contribution in [0.15, 0.2) is 41.9 Å². The number of thiazole rings is 1. The van der Waals surface area contributed by atoms with Gasteiger partial charge in [-0.15, -0.1) is 11.3 Å². The Hall–Kier alpha value is -3.66. The highest BCUT2D eigenvalue weighted by Gasteiger charge is 2.16. The summed E-state index contributed by atoms with van der Waals surface area (Å²) >= 11 is 1.28. The van der Waals surface area contributed by atoms with Gasteiger partial charge in [-0.3, -0.25) is 14.9 Å². The summed E-state index contributed by atoms with van der Waals surface area (Å²) in [5.41, 5.74) is 7.63. The topological polar surface area (TPSA) is 139 Å². The van der Waals surface area contributed by atoms with Crippen molar-refractivity contribution in [2.45, 2.75) is 32.8 Å². The van der Waals surface area contributed by atoms with Crippen LogP contribution in [-0.4, -0.2) is 33.5 Å². The van der Waals surface area contributed by atoms with E-state index in [0.29, 0.717) is 22.1 Å². The Labute approximate surface area is 183 Å². The monoisotopic (exact) mass is 441 g/mol. The standard InChI is InChI=1S/C21H23N5O4S/c1-21(2,3)30-20(29)24-14-6-4-12(5-7-14)8-17(27)26-19-25-16(11-31-19)13-9-15(18(22)28)23-10-13/h4-7,9-11,23H,8H2,1-3H3,(H2,22,28)(H,24,29)(H,25,26,27). The average molecular weight is 442 g/mol. The number of primary amides is 1. The van der Waals surface area contributed by atoms with Gasteiger partial charge in [-0.05, 0) is 44.5 Å². The van der Waals surface area contributed by atoms with Gasteiger partial charge in [-0.25, -0.2) is 9.78 Å². The Morgan fingerprint density at radius 2 is 1.87 bits per heavy atom. The zero-order chi connectivity index (χ0) is 22.6. The highest BCUT2D eigenvalue weighted by Crippen LogP contribution is 2.25. The summed E-state index contributed by atoms with van der Waals surface area (Å²) in [4.78, 5) is 42.5. The van der Waals surface area contributed by atoms with Crippen LogP contribution in [0.4, 0.5) is 15.6 Å². The van der Waals surface area contributed by atoms with E-state index in [2.05, 4.69) is 20.6 Å². The minimum Gasteiger partial charge on any atom is -0.444 e. The number of ether oxygens (including phenoxy) is 1. The van der Waals surface area contributed by atoms with E-state index < -0.39 is 17.6 Å². The number of nitrogens with two attached hydrogens (primary N) is 1. The number of carbonyl (C=O) groups excluding carboxylic acids is 3. The van der Waals surface area contributed by atoms with Crippen LogP contribution in [0.2, 0.25) is 0 Å². The van der Waals surface area contributed by atoms with Gasteiger partial charge in [-0.1, -0.05) is 12.1 Å². The smallest absolute Gasteiger partial charge is 0.412 e. The molecule has 0 spiro atoms. The quantitative estimate of drug-likeness (QED) is 0.461. The van der Waals surface area contributed by atoms with Gasteiger partial charge in [0, 0.05) is 22.8 Å². The molecule has 3 aromatic rings. The number of hydrogen-bond donors (Lipinski definition) is 4. The minimum absolute atomic E-state index is 0.150. The van der Waals surface area contributed by atoms with E-state index in [9.17, 15) is 14.4 Å². The summed E-state index contributed by atoms with van der Waals surface area (Å²) in [6.45, 7) is 5.36. The predicted octanol–water partition coefficient (Wildman–Crippen LogP) is 3.77. The fourth-order valence-electron chi connectivity index (χ4n) is 2.62. The molecule has 0 fully saturated rings. The van der Waals surface area contributed by atoms with Crippen molar-refractivity contribution >= 4 is 40.1 Å². The number of anilines is 2. The van der Waals surface area contributed by atoms with E-state index in [1.807, 2.05) is 0 Å². The van der Waals surface area contributed by atoms with Crippen LogP contribution in [-0.2, 0) is 16.0 Å².